The summed E-state index contributed by atoms with van der Waals surface area (Å²) in [4.78, 5) is 27.1. The Hall–Kier alpha value is -3.53. The third-order valence-electron chi connectivity index (χ3n) is 4.15. The lowest BCUT2D eigenvalue weighted by Gasteiger charge is -2.09. The van der Waals surface area contributed by atoms with Crippen LogP contribution in [0, 0.1) is 17.0 Å². The van der Waals surface area contributed by atoms with Gasteiger partial charge in [-0.25, -0.2) is 15.0 Å². The minimum absolute atomic E-state index is 0.0187. The predicted octanol–water partition coefficient (Wildman–Crippen LogP) is 3.40. The maximum absolute atomic E-state index is 12.4. The van der Waals surface area contributed by atoms with Crippen LogP contribution >= 0.6 is 15.9 Å². The Morgan fingerprint density at radius 2 is 1.97 bits per heavy atom. The standard InChI is InChI=1S/C19H16BrN5O4/c1-12-21-10-18(25(28)29)24(12)11-16(13-6-8-14(20)9-7-13)22-23-19(27)15-4-2-3-5-17(15)26/h2-10,26H,11H2,1H3,(H,23,27)/b22-16-. The van der Waals surface area contributed by atoms with Crippen molar-refractivity contribution in [2.45, 2.75) is 13.5 Å². The molecule has 0 saturated carbocycles. The molecule has 0 atom stereocenters. The Morgan fingerprint density at radius 1 is 1.28 bits per heavy atom. The summed E-state index contributed by atoms with van der Waals surface area (Å²) < 4.78 is 2.25. The molecule has 0 radical (unpaired) electrons. The second-order valence-corrected chi connectivity index (χ2v) is 6.95. The molecule has 148 valence electrons. The first kappa shape index (κ1) is 20.2. The van der Waals surface area contributed by atoms with Gasteiger partial charge in [0.2, 0.25) is 0 Å². The van der Waals surface area contributed by atoms with Gasteiger partial charge in [-0.3, -0.25) is 4.79 Å². The second kappa shape index (κ2) is 8.65. The summed E-state index contributed by atoms with van der Waals surface area (Å²) in [6.07, 6.45) is 1.18. The normalized spacial score (nSPS) is 11.3. The van der Waals surface area contributed by atoms with E-state index >= 15 is 0 Å². The van der Waals surface area contributed by atoms with Crippen molar-refractivity contribution in [2.75, 3.05) is 0 Å². The Bertz CT molecular complexity index is 1090. The number of hydrazone groups is 1. The summed E-state index contributed by atoms with van der Waals surface area (Å²) >= 11 is 3.36. The maximum Gasteiger partial charge on any atom is 0.343 e. The molecule has 2 aromatic carbocycles. The van der Waals surface area contributed by atoms with E-state index in [1.807, 2.05) is 0 Å². The summed E-state index contributed by atoms with van der Waals surface area (Å²) in [6, 6.07) is 13.2. The van der Waals surface area contributed by atoms with Gasteiger partial charge in [-0.1, -0.05) is 40.2 Å². The van der Waals surface area contributed by atoms with Crippen LogP contribution in [0.25, 0.3) is 0 Å². The number of carbonyl (C=O) groups is 1. The van der Waals surface area contributed by atoms with E-state index in [9.17, 15) is 20.0 Å². The number of phenols is 1. The number of carbonyl (C=O) groups excluding carboxylic acids is 1. The molecule has 1 aromatic heterocycles. The van der Waals surface area contributed by atoms with Gasteiger partial charge in [-0.2, -0.15) is 5.10 Å². The number of aryl methyl sites for hydroxylation is 1. The minimum Gasteiger partial charge on any atom is -0.507 e. The number of hydrogen-bond donors (Lipinski definition) is 2. The van der Waals surface area contributed by atoms with Crippen LogP contribution in [0.1, 0.15) is 21.7 Å². The van der Waals surface area contributed by atoms with Gasteiger partial charge in [0.05, 0.1) is 5.56 Å². The van der Waals surface area contributed by atoms with Crippen LogP contribution in [0.3, 0.4) is 0 Å². The van der Waals surface area contributed by atoms with Crippen molar-refractivity contribution in [1.82, 2.24) is 15.0 Å². The quantitative estimate of drug-likeness (QED) is 0.333. The Morgan fingerprint density at radius 3 is 2.62 bits per heavy atom. The molecule has 0 unspecified atom stereocenters. The summed E-state index contributed by atoms with van der Waals surface area (Å²) in [5, 5.41) is 25.3. The van der Waals surface area contributed by atoms with Crippen molar-refractivity contribution in [2.24, 2.45) is 5.10 Å². The lowest BCUT2D eigenvalue weighted by atomic mass is 10.1. The number of nitrogens with zero attached hydrogens (tertiary/aromatic N) is 4. The molecule has 0 aliphatic heterocycles. The first-order chi connectivity index (χ1) is 13.9. The number of phenolic OH excluding ortho intramolecular Hbond substituents is 1. The van der Waals surface area contributed by atoms with Crippen LogP contribution < -0.4 is 5.43 Å². The van der Waals surface area contributed by atoms with Gasteiger partial charge in [0.25, 0.3) is 5.91 Å². The average Bonchev–Trinajstić information content (AvgIpc) is 3.06. The number of aromatic nitrogens is 2. The van der Waals surface area contributed by atoms with Crippen molar-refractivity contribution in [3.8, 4) is 5.75 Å². The van der Waals surface area contributed by atoms with Gasteiger partial charge in [-0.15, -0.1) is 0 Å². The highest BCUT2D eigenvalue weighted by Crippen LogP contribution is 2.18. The lowest BCUT2D eigenvalue weighted by Crippen LogP contribution is -2.23. The number of para-hydroxylation sites is 1. The zero-order valence-electron chi connectivity index (χ0n) is 15.2. The molecule has 0 spiro atoms. The Kier molecular flexibility index (Phi) is 6.03. The molecule has 1 heterocycles. The number of benzene rings is 2. The van der Waals surface area contributed by atoms with Crippen molar-refractivity contribution >= 4 is 33.4 Å². The van der Waals surface area contributed by atoms with Crippen LogP contribution in [0.5, 0.6) is 5.75 Å². The highest BCUT2D eigenvalue weighted by molar-refractivity contribution is 9.10. The monoisotopic (exact) mass is 457 g/mol. The van der Waals surface area contributed by atoms with Crippen LogP contribution in [0.2, 0.25) is 0 Å². The summed E-state index contributed by atoms with van der Waals surface area (Å²) in [7, 11) is 0. The second-order valence-electron chi connectivity index (χ2n) is 6.03. The number of aromatic hydroxyl groups is 1. The van der Waals surface area contributed by atoms with E-state index < -0.39 is 10.8 Å². The molecule has 10 heteroatoms. The largest absolute Gasteiger partial charge is 0.507 e. The molecule has 1 amide bonds. The summed E-state index contributed by atoms with van der Waals surface area (Å²) in [6.45, 7) is 1.66. The number of nitrogens with one attached hydrogen (secondary N) is 1. The number of imidazole rings is 1. The minimum atomic E-state index is -0.602. The average molecular weight is 458 g/mol. The summed E-state index contributed by atoms with van der Waals surface area (Å²) in [5.74, 6) is -0.520. The maximum atomic E-state index is 12.4. The van der Waals surface area contributed by atoms with Crippen molar-refractivity contribution < 1.29 is 14.8 Å². The summed E-state index contributed by atoms with van der Waals surface area (Å²) in [5.41, 5.74) is 3.51. The predicted molar refractivity (Wildman–Crippen MR) is 110 cm³/mol. The molecule has 0 bridgehead atoms. The lowest BCUT2D eigenvalue weighted by molar-refractivity contribution is -0.392. The Labute approximate surface area is 174 Å². The smallest absolute Gasteiger partial charge is 0.343 e. The first-order valence-electron chi connectivity index (χ1n) is 8.44. The van der Waals surface area contributed by atoms with Crippen molar-refractivity contribution in [1.29, 1.82) is 0 Å². The first-order valence-corrected chi connectivity index (χ1v) is 9.23. The topological polar surface area (TPSA) is 123 Å². The van der Waals surface area contributed by atoms with Gasteiger partial charge < -0.3 is 15.2 Å². The van der Waals surface area contributed by atoms with Gasteiger partial charge in [0, 0.05) is 17.0 Å². The SMILES string of the molecule is Cc1ncc([N+](=O)[O-])n1C/C(=N/NC(=O)c1ccccc1O)c1ccc(Br)cc1. The highest BCUT2D eigenvalue weighted by Gasteiger charge is 2.21. The van der Waals surface area contributed by atoms with Gasteiger partial charge in [0.15, 0.2) is 5.82 Å². The van der Waals surface area contributed by atoms with Crippen LogP contribution in [0.4, 0.5) is 5.82 Å². The van der Waals surface area contributed by atoms with E-state index in [4.69, 9.17) is 0 Å². The molecule has 0 aliphatic rings. The molecule has 29 heavy (non-hydrogen) atoms. The van der Waals surface area contributed by atoms with E-state index in [1.54, 1.807) is 43.3 Å². The molecule has 9 nitrogen and oxygen atoms in total. The van der Waals surface area contributed by atoms with E-state index in [-0.39, 0.29) is 23.7 Å². The van der Waals surface area contributed by atoms with Gasteiger partial charge in [0.1, 0.15) is 24.2 Å². The van der Waals surface area contributed by atoms with Gasteiger partial charge >= 0.3 is 5.82 Å². The fourth-order valence-corrected chi connectivity index (χ4v) is 2.89. The third-order valence-corrected chi connectivity index (χ3v) is 4.68. The van der Waals surface area contributed by atoms with Gasteiger partial charge in [-0.05, 0) is 29.2 Å². The molecule has 3 aromatic rings. The number of nitro groups is 1. The van der Waals surface area contributed by atoms with E-state index in [2.05, 4.69) is 31.4 Å². The number of halogens is 1. The zero-order chi connectivity index (χ0) is 21.0. The van der Waals surface area contributed by atoms with Crippen molar-refractivity contribution in [3.05, 3.63) is 86.3 Å². The zero-order valence-corrected chi connectivity index (χ0v) is 16.8. The fraction of sp³-hybridized carbons (Fsp3) is 0.105. The number of amides is 1. The molecule has 0 saturated heterocycles. The molecular formula is C19H16BrN5O4. The molecular weight excluding hydrogens is 442 g/mol. The van der Waals surface area contributed by atoms with Crippen molar-refractivity contribution in [3.63, 3.8) is 0 Å². The van der Waals surface area contributed by atoms with Crippen LogP contribution in [-0.4, -0.2) is 31.2 Å². The number of rotatable bonds is 6. The highest BCUT2D eigenvalue weighted by atomic mass is 79.9. The third kappa shape index (κ3) is 4.66. The molecule has 0 fully saturated rings. The molecule has 2 N–H and O–H groups in total. The molecule has 0 aliphatic carbocycles. The van der Waals surface area contributed by atoms with E-state index in [1.165, 1.54) is 22.9 Å². The van der Waals surface area contributed by atoms with Crippen LogP contribution in [-0.2, 0) is 6.54 Å². The Balaban J connectivity index is 1.96. The van der Waals surface area contributed by atoms with E-state index in [0.29, 0.717) is 17.1 Å². The fourth-order valence-electron chi connectivity index (χ4n) is 2.62. The van der Waals surface area contributed by atoms with E-state index in [0.717, 1.165) is 4.47 Å². The van der Waals surface area contributed by atoms with Crippen LogP contribution in [0.15, 0.2) is 64.3 Å². The molecule has 3 rings (SSSR count). The number of hydrogen-bond acceptors (Lipinski definition) is 6.